The molecular weight excluding hydrogens is 349 g/mol. The molecule has 2 aromatic heterocycles. The molecule has 1 unspecified atom stereocenters. The summed E-state index contributed by atoms with van der Waals surface area (Å²) in [5.41, 5.74) is 1.58. The molecule has 8 heteroatoms. The van der Waals surface area contributed by atoms with Crippen molar-refractivity contribution < 1.29 is 13.7 Å². The van der Waals surface area contributed by atoms with Gasteiger partial charge in [-0.05, 0) is 42.7 Å². The SMILES string of the molecule is Cc1ccc(NC(=O)NC(c2nc(-c3cccnc3)no2)C(C)C)c(F)c1. The van der Waals surface area contributed by atoms with Crippen molar-refractivity contribution in [1.29, 1.82) is 0 Å². The Morgan fingerprint density at radius 2 is 2.07 bits per heavy atom. The molecule has 3 rings (SSSR count). The number of halogens is 1. The van der Waals surface area contributed by atoms with E-state index in [1.54, 1.807) is 31.5 Å². The van der Waals surface area contributed by atoms with Crippen molar-refractivity contribution in [2.24, 2.45) is 5.92 Å². The third-order valence-corrected chi connectivity index (χ3v) is 3.95. The third kappa shape index (κ3) is 4.46. The first-order chi connectivity index (χ1) is 12.9. The number of amides is 2. The van der Waals surface area contributed by atoms with Crippen molar-refractivity contribution in [1.82, 2.24) is 20.4 Å². The average molecular weight is 369 g/mol. The number of benzene rings is 1. The van der Waals surface area contributed by atoms with Gasteiger partial charge in [0.2, 0.25) is 11.7 Å². The molecule has 1 aromatic carbocycles. The zero-order valence-corrected chi connectivity index (χ0v) is 15.2. The quantitative estimate of drug-likeness (QED) is 0.706. The molecule has 2 N–H and O–H groups in total. The Balaban J connectivity index is 1.74. The molecular formula is C19H20FN5O2. The maximum absolute atomic E-state index is 13.9. The summed E-state index contributed by atoms with van der Waals surface area (Å²) in [6, 6.07) is 7.08. The zero-order chi connectivity index (χ0) is 19.4. The molecule has 0 bridgehead atoms. The van der Waals surface area contributed by atoms with E-state index in [4.69, 9.17) is 4.52 Å². The number of carbonyl (C=O) groups excluding carboxylic acids is 1. The summed E-state index contributed by atoms with van der Waals surface area (Å²) in [6.45, 7) is 5.59. The van der Waals surface area contributed by atoms with E-state index in [2.05, 4.69) is 25.8 Å². The van der Waals surface area contributed by atoms with Gasteiger partial charge in [0.1, 0.15) is 11.9 Å². The van der Waals surface area contributed by atoms with Crippen LogP contribution in [0, 0.1) is 18.7 Å². The number of urea groups is 1. The van der Waals surface area contributed by atoms with Gasteiger partial charge in [-0.25, -0.2) is 9.18 Å². The second-order valence-electron chi connectivity index (χ2n) is 6.50. The van der Waals surface area contributed by atoms with E-state index in [9.17, 15) is 9.18 Å². The van der Waals surface area contributed by atoms with E-state index >= 15 is 0 Å². The van der Waals surface area contributed by atoms with Gasteiger partial charge in [0, 0.05) is 18.0 Å². The van der Waals surface area contributed by atoms with E-state index in [-0.39, 0.29) is 17.5 Å². The summed E-state index contributed by atoms with van der Waals surface area (Å²) in [6.07, 6.45) is 3.27. The van der Waals surface area contributed by atoms with Crippen molar-refractivity contribution in [3.05, 3.63) is 60.0 Å². The lowest BCUT2D eigenvalue weighted by Crippen LogP contribution is -2.35. The van der Waals surface area contributed by atoms with Crippen LogP contribution in [0.3, 0.4) is 0 Å². The molecule has 0 saturated carbocycles. The first-order valence-electron chi connectivity index (χ1n) is 8.51. The fourth-order valence-corrected chi connectivity index (χ4v) is 2.51. The van der Waals surface area contributed by atoms with Crippen LogP contribution in [0.25, 0.3) is 11.4 Å². The number of aromatic nitrogens is 3. The monoisotopic (exact) mass is 369 g/mol. The Kier molecular flexibility index (Phi) is 5.44. The number of hydrogen-bond acceptors (Lipinski definition) is 5. The number of hydrogen-bond donors (Lipinski definition) is 2. The van der Waals surface area contributed by atoms with Gasteiger partial charge in [0.05, 0.1) is 5.69 Å². The van der Waals surface area contributed by atoms with E-state index in [1.807, 2.05) is 19.9 Å². The van der Waals surface area contributed by atoms with Gasteiger partial charge in [0.15, 0.2) is 0 Å². The highest BCUT2D eigenvalue weighted by molar-refractivity contribution is 5.89. The van der Waals surface area contributed by atoms with E-state index in [0.717, 1.165) is 5.56 Å². The molecule has 0 spiro atoms. The minimum atomic E-state index is -0.558. The van der Waals surface area contributed by atoms with Crippen LogP contribution in [0.15, 0.2) is 47.2 Å². The van der Waals surface area contributed by atoms with Gasteiger partial charge < -0.3 is 15.2 Å². The van der Waals surface area contributed by atoms with Crippen molar-refractivity contribution >= 4 is 11.7 Å². The van der Waals surface area contributed by atoms with Crippen LogP contribution >= 0.6 is 0 Å². The number of aryl methyl sites for hydroxylation is 1. The van der Waals surface area contributed by atoms with E-state index in [1.165, 1.54) is 12.1 Å². The highest BCUT2D eigenvalue weighted by Crippen LogP contribution is 2.23. The summed E-state index contributed by atoms with van der Waals surface area (Å²) >= 11 is 0. The van der Waals surface area contributed by atoms with Crippen LogP contribution in [0.5, 0.6) is 0 Å². The van der Waals surface area contributed by atoms with Gasteiger partial charge in [-0.2, -0.15) is 4.98 Å². The molecule has 3 aromatic rings. The van der Waals surface area contributed by atoms with Gasteiger partial charge in [-0.15, -0.1) is 0 Å². The number of carbonyl (C=O) groups is 1. The zero-order valence-electron chi connectivity index (χ0n) is 15.2. The van der Waals surface area contributed by atoms with E-state index < -0.39 is 17.9 Å². The third-order valence-electron chi connectivity index (χ3n) is 3.95. The number of pyridine rings is 1. The Morgan fingerprint density at radius 1 is 1.26 bits per heavy atom. The second-order valence-corrected chi connectivity index (χ2v) is 6.50. The number of anilines is 1. The molecule has 0 saturated heterocycles. The molecule has 2 amide bonds. The largest absolute Gasteiger partial charge is 0.337 e. The van der Waals surface area contributed by atoms with Crippen molar-refractivity contribution in [3.8, 4) is 11.4 Å². The summed E-state index contributed by atoms with van der Waals surface area (Å²) in [7, 11) is 0. The Morgan fingerprint density at radius 3 is 2.74 bits per heavy atom. The lowest BCUT2D eigenvalue weighted by molar-refractivity contribution is 0.235. The smallest absolute Gasteiger partial charge is 0.319 e. The number of nitrogens with one attached hydrogen (secondary N) is 2. The summed E-state index contributed by atoms with van der Waals surface area (Å²) in [5.74, 6) is 0.127. The van der Waals surface area contributed by atoms with Crippen molar-refractivity contribution in [2.75, 3.05) is 5.32 Å². The Hall–Kier alpha value is -3.29. The second kappa shape index (κ2) is 7.94. The molecule has 1 atom stereocenters. The topological polar surface area (TPSA) is 92.9 Å². The van der Waals surface area contributed by atoms with Crippen molar-refractivity contribution in [2.45, 2.75) is 26.8 Å². The molecule has 0 aliphatic heterocycles. The Labute approximate surface area is 156 Å². The highest BCUT2D eigenvalue weighted by Gasteiger charge is 2.25. The van der Waals surface area contributed by atoms with E-state index in [0.29, 0.717) is 11.4 Å². The fourth-order valence-electron chi connectivity index (χ4n) is 2.51. The lowest BCUT2D eigenvalue weighted by atomic mass is 10.0. The van der Waals surface area contributed by atoms with Gasteiger partial charge in [0.25, 0.3) is 0 Å². The normalized spacial score (nSPS) is 12.0. The molecule has 0 aliphatic rings. The van der Waals surface area contributed by atoms with Crippen LogP contribution < -0.4 is 10.6 Å². The first kappa shape index (κ1) is 18.5. The highest BCUT2D eigenvalue weighted by atomic mass is 19.1. The van der Waals surface area contributed by atoms with Crippen molar-refractivity contribution in [3.63, 3.8) is 0 Å². The number of nitrogens with zero attached hydrogens (tertiary/aromatic N) is 3. The van der Waals surface area contributed by atoms with Gasteiger partial charge in [-0.1, -0.05) is 25.1 Å². The summed E-state index contributed by atoms with van der Waals surface area (Å²) in [4.78, 5) is 20.7. The average Bonchev–Trinajstić information content (AvgIpc) is 3.12. The lowest BCUT2D eigenvalue weighted by Gasteiger charge is -2.19. The molecule has 27 heavy (non-hydrogen) atoms. The molecule has 0 fully saturated rings. The molecule has 0 radical (unpaired) electrons. The minimum absolute atomic E-state index is 0.0270. The molecule has 7 nitrogen and oxygen atoms in total. The maximum Gasteiger partial charge on any atom is 0.319 e. The van der Waals surface area contributed by atoms with Gasteiger partial charge in [-0.3, -0.25) is 4.98 Å². The molecule has 140 valence electrons. The first-order valence-corrected chi connectivity index (χ1v) is 8.51. The summed E-state index contributed by atoms with van der Waals surface area (Å²) < 4.78 is 19.3. The molecule has 2 heterocycles. The van der Waals surface area contributed by atoms with Crippen LogP contribution in [0.4, 0.5) is 14.9 Å². The van der Waals surface area contributed by atoms with Crippen LogP contribution in [-0.2, 0) is 0 Å². The predicted molar refractivity (Wildman–Crippen MR) is 98.4 cm³/mol. The van der Waals surface area contributed by atoms with Crippen LogP contribution in [-0.4, -0.2) is 21.2 Å². The minimum Gasteiger partial charge on any atom is -0.337 e. The standard InChI is InChI=1S/C19H20FN5O2/c1-11(2)16(18-24-17(25-27-18)13-5-4-8-21-10-13)23-19(26)22-15-7-6-12(3)9-14(15)20/h4-11,16H,1-3H3,(H2,22,23,26). The number of rotatable bonds is 5. The molecule has 0 aliphatic carbocycles. The fraction of sp³-hybridized carbons (Fsp3) is 0.263. The predicted octanol–water partition coefficient (Wildman–Crippen LogP) is 4.10. The maximum atomic E-state index is 13.9. The Bertz CT molecular complexity index is 927. The summed E-state index contributed by atoms with van der Waals surface area (Å²) in [5, 5.41) is 9.21. The van der Waals surface area contributed by atoms with Gasteiger partial charge >= 0.3 is 6.03 Å². The van der Waals surface area contributed by atoms with Crippen LogP contribution in [0.2, 0.25) is 0 Å². The van der Waals surface area contributed by atoms with Crippen LogP contribution in [0.1, 0.15) is 31.3 Å².